The second-order valence-corrected chi connectivity index (χ2v) is 5.14. The number of pyridine rings is 1. The van der Waals surface area contributed by atoms with Crippen LogP contribution in [0.1, 0.15) is 18.5 Å². The normalized spacial score (nSPS) is 11.9. The van der Waals surface area contributed by atoms with Crippen molar-refractivity contribution in [2.75, 3.05) is 0 Å². The molecular weight excluding hydrogens is 326 g/mol. The lowest BCUT2D eigenvalue weighted by atomic mass is 10.2. The Labute approximate surface area is 123 Å². The zero-order valence-corrected chi connectivity index (χ0v) is 12.2. The largest absolute Gasteiger partial charge is 0.439 e. The van der Waals surface area contributed by atoms with E-state index in [-0.39, 0.29) is 11.7 Å². The predicted molar refractivity (Wildman–Crippen MR) is 77.7 cm³/mol. The van der Waals surface area contributed by atoms with Gasteiger partial charge in [0.2, 0.25) is 5.88 Å². The molecule has 0 saturated carbocycles. The molecule has 0 saturated heterocycles. The summed E-state index contributed by atoms with van der Waals surface area (Å²) in [4.78, 5) is 14.4. The maximum absolute atomic E-state index is 10.8. The van der Waals surface area contributed by atoms with Gasteiger partial charge in [-0.3, -0.25) is 10.1 Å². The molecule has 0 aliphatic carbocycles. The van der Waals surface area contributed by atoms with Crippen molar-refractivity contribution in [1.29, 1.82) is 0 Å². The van der Waals surface area contributed by atoms with Crippen molar-refractivity contribution < 1.29 is 9.66 Å². The summed E-state index contributed by atoms with van der Waals surface area (Å²) in [6.45, 7) is 1.86. The molecule has 1 unspecified atom stereocenters. The molecule has 0 aliphatic heterocycles. The van der Waals surface area contributed by atoms with Gasteiger partial charge in [-0.25, -0.2) is 4.98 Å². The monoisotopic (exact) mass is 337 g/mol. The Kier molecular flexibility index (Phi) is 4.31. The minimum absolute atomic E-state index is 0.0541. The van der Waals surface area contributed by atoms with Gasteiger partial charge in [-0.2, -0.15) is 0 Å². The van der Waals surface area contributed by atoms with Crippen LogP contribution in [0.2, 0.25) is 0 Å². The molecule has 0 bridgehead atoms. The van der Waals surface area contributed by atoms with Crippen molar-refractivity contribution in [3.63, 3.8) is 0 Å². The Bertz CT molecular complexity index is 629. The van der Waals surface area contributed by atoms with Crippen molar-refractivity contribution in [1.82, 2.24) is 4.98 Å². The summed E-state index contributed by atoms with van der Waals surface area (Å²) in [7, 11) is 0. The zero-order valence-electron chi connectivity index (χ0n) is 10.6. The van der Waals surface area contributed by atoms with E-state index in [0.29, 0.717) is 16.1 Å². The van der Waals surface area contributed by atoms with Crippen molar-refractivity contribution >= 4 is 21.6 Å². The van der Waals surface area contributed by atoms with E-state index in [4.69, 9.17) is 10.5 Å². The van der Waals surface area contributed by atoms with Crippen molar-refractivity contribution in [3.05, 3.63) is 56.7 Å². The molecule has 1 aromatic carbocycles. The second-order valence-electron chi connectivity index (χ2n) is 4.22. The third kappa shape index (κ3) is 3.52. The van der Waals surface area contributed by atoms with Crippen LogP contribution in [0.15, 0.2) is 41.0 Å². The van der Waals surface area contributed by atoms with Crippen LogP contribution in [0, 0.1) is 10.1 Å². The van der Waals surface area contributed by atoms with Gasteiger partial charge < -0.3 is 10.5 Å². The number of rotatable bonds is 4. The van der Waals surface area contributed by atoms with Crippen LogP contribution >= 0.6 is 15.9 Å². The highest BCUT2D eigenvalue weighted by molar-refractivity contribution is 9.10. The third-order valence-electron chi connectivity index (χ3n) is 2.57. The van der Waals surface area contributed by atoms with E-state index in [1.54, 1.807) is 24.4 Å². The molecule has 1 heterocycles. The predicted octanol–water partition coefficient (Wildman–Crippen LogP) is 3.56. The van der Waals surface area contributed by atoms with E-state index in [1.165, 1.54) is 12.1 Å². The SMILES string of the molecule is CC(N)c1ccc(Oc2cc(Br)cc([N+](=O)[O-])c2)nc1. The lowest BCUT2D eigenvalue weighted by molar-refractivity contribution is -0.385. The Hall–Kier alpha value is -1.99. The van der Waals surface area contributed by atoms with Crippen LogP contribution in [0.5, 0.6) is 11.6 Å². The fraction of sp³-hybridized carbons (Fsp3) is 0.154. The molecule has 2 N–H and O–H groups in total. The Balaban J connectivity index is 2.23. The summed E-state index contributed by atoms with van der Waals surface area (Å²) in [5.74, 6) is 0.689. The molecule has 0 radical (unpaired) electrons. The zero-order chi connectivity index (χ0) is 14.7. The first kappa shape index (κ1) is 14.4. The number of nitrogens with two attached hydrogens (primary N) is 1. The molecule has 20 heavy (non-hydrogen) atoms. The van der Waals surface area contributed by atoms with Crippen LogP contribution in [-0.4, -0.2) is 9.91 Å². The quantitative estimate of drug-likeness (QED) is 0.680. The average Bonchev–Trinajstić information content (AvgIpc) is 2.38. The number of non-ortho nitro benzene ring substituents is 1. The Morgan fingerprint density at radius 3 is 2.70 bits per heavy atom. The lowest BCUT2D eigenvalue weighted by Gasteiger charge is -2.08. The summed E-state index contributed by atoms with van der Waals surface area (Å²) in [6.07, 6.45) is 1.62. The van der Waals surface area contributed by atoms with Gasteiger partial charge in [0, 0.05) is 28.8 Å². The van der Waals surface area contributed by atoms with E-state index in [1.807, 2.05) is 6.92 Å². The summed E-state index contributed by atoms with van der Waals surface area (Å²) >= 11 is 3.20. The highest BCUT2D eigenvalue weighted by Crippen LogP contribution is 2.29. The van der Waals surface area contributed by atoms with Gasteiger partial charge in [-0.15, -0.1) is 0 Å². The molecule has 6 nitrogen and oxygen atoms in total. The number of hydrogen-bond acceptors (Lipinski definition) is 5. The smallest absolute Gasteiger partial charge is 0.274 e. The summed E-state index contributed by atoms with van der Waals surface area (Å²) in [6, 6.07) is 7.74. The highest BCUT2D eigenvalue weighted by atomic mass is 79.9. The van der Waals surface area contributed by atoms with E-state index in [2.05, 4.69) is 20.9 Å². The van der Waals surface area contributed by atoms with Crippen LogP contribution in [0.3, 0.4) is 0 Å². The van der Waals surface area contributed by atoms with Crippen LogP contribution in [-0.2, 0) is 0 Å². The molecule has 0 spiro atoms. The number of ether oxygens (including phenoxy) is 1. The highest BCUT2D eigenvalue weighted by Gasteiger charge is 2.10. The number of benzene rings is 1. The van der Waals surface area contributed by atoms with Gasteiger partial charge in [-0.1, -0.05) is 22.0 Å². The first-order valence-corrected chi connectivity index (χ1v) is 6.59. The average molecular weight is 338 g/mol. The summed E-state index contributed by atoms with van der Waals surface area (Å²) in [5.41, 5.74) is 6.56. The van der Waals surface area contributed by atoms with Gasteiger partial charge in [0.05, 0.1) is 11.0 Å². The molecule has 2 rings (SSSR count). The minimum Gasteiger partial charge on any atom is -0.439 e. The number of nitrogens with zero attached hydrogens (tertiary/aromatic N) is 2. The molecule has 0 fully saturated rings. The maximum Gasteiger partial charge on any atom is 0.274 e. The topological polar surface area (TPSA) is 91.3 Å². The Morgan fingerprint density at radius 1 is 1.40 bits per heavy atom. The number of aromatic nitrogens is 1. The van der Waals surface area contributed by atoms with Crippen molar-refractivity contribution in [2.45, 2.75) is 13.0 Å². The van der Waals surface area contributed by atoms with E-state index in [0.717, 1.165) is 5.56 Å². The standard InChI is InChI=1S/C13H12BrN3O3/c1-8(15)9-2-3-13(16-7-9)20-12-5-10(14)4-11(6-12)17(18)19/h2-8H,15H2,1H3. The van der Waals surface area contributed by atoms with Gasteiger partial charge in [0.1, 0.15) is 5.75 Å². The second kappa shape index (κ2) is 5.98. The maximum atomic E-state index is 10.8. The number of nitro groups is 1. The van der Waals surface area contributed by atoms with E-state index < -0.39 is 4.92 Å². The summed E-state index contributed by atoms with van der Waals surface area (Å²) in [5, 5.41) is 10.8. The van der Waals surface area contributed by atoms with Gasteiger partial charge in [0.25, 0.3) is 5.69 Å². The van der Waals surface area contributed by atoms with Crippen molar-refractivity contribution in [3.8, 4) is 11.6 Å². The molecule has 1 aromatic heterocycles. The molecule has 0 amide bonds. The lowest BCUT2D eigenvalue weighted by Crippen LogP contribution is -2.05. The molecule has 0 aliphatic rings. The van der Waals surface area contributed by atoms with E-state index >= 15 is 0 Å². The number of hydrogen-bond donors (Lipinski definition) is 1. The first-order chi connectivity index (χ1) is 9.45. The van der Waals surface area contributed by atoms with Gasteiger partial charge >= 0.3 is 0 Å². The van der Waals surface area contributed by atoms with Gasteiger partial charge in [-0.05, 0) is 18.6 Å². The fourth-order valence-corrected chi connectivity index (χ4v) is 2.01. The molecule has 7 heteroatoms. The number of halogens is 1. The third-order valence-corrected chi connectivity index (χ3v) is 3.03. The summed E-state index contributed by atoms with van der Waals surface area (Å²) < 4.78 is 6.06. The van der Waals surface area contributed by atoms with E-state index in [9.17, 15) is 10.1 Å². The van der Waals surface area contributed by atoms with Gasteiger partial charge in [0.15, 0.2) is 0 Å². The Morgan fingerprint density at radius 2 is 2.15 bits per heavy atom. The van der Waals surface area contributed by atoms with Crippen LogP contribution in [0.4, 0.5) is 5.69 Å². The number of nitro benzene ring substituents is 1. The fourth-order valence-electron chi connectivity index (χ4n) is 1.55. The molecule has 2 aromatic rings. The molecule has 1 atom stereocenters. The molecule has 104 valence electrons. The molecular formula is C13H12BrN3O3. The van der Waals surface area contributed by atoms with Crippen molar-refractivity contribution in [2.24, 2.45) is 5.73 Å². The minimum atomic E-state index is -0.482. The first-order valence-electron chi connectivity index (χ1n) is 5.80. The van der Waals surface area contributed by atoms with Crippen LogP contribution < -0.4 is 10.5 Å². The van der Waals surface area contributed by atoms with Crippen LogP contribution in [0.25, 0.3) is 0 Å².